The van der Waals surface area contributed by atoms with Gasteiger partial charge in [0.1, 0.15) is 11.2 Å². The van der Waals surface area contributed by atoms with Crippen molar-refractivity contribution in [2.75, 3.05) is 9.80 Å². The van der Waals surface area contributed by atoms with Crippen molar-refractivity contribution in [3.05, 3.63) is 348 Å². The van der Waals surface area contributed by atoms with Crippen molar-refractivity contribution in [2.45, 2.75) is 10.8 Å². The molecule has 0 atom stereocenters. The molecule has 15 rings (SSSR count). The van der Waals surface area contributed by atoms with E-state index in [4.69, 9.17) is 4.42 Å². The van der Waals surface area contributed by atoms with E-state index in [-0.39, 0.29) is 0 Å². The van der Waals surface area contributed by atoms with Crippen molar-refractivity contribution in [3.63, 3.8) is 0 Å². The third-order valence-corrected chi connectivity index (χ3v) is 16.4. The molecule has 2 aliphatic rings. The largest absolute Gasteiger partial charge is 0.456 e. The number of hydrogen-bond acceptors (Lipinski definition) is 3. The molecule has 0 saturated heterocycles. The van der Waals surface area contributed by atoms with Gasteiger partial charge in [0.15, 0.2) is 0 Å². The van der Waals surface area contributed by atoms with Crippen LogP contribution in [-0.4, -0.2) is 0 Å². The second kappa shape index (κ2) is 17.9. The Balaban J connectivity index is 0.989. The highest BCUT2D eigenvalue weighted by molar-refractivity contribution is 6.06. The molecule has 0 fully saturated rings. The molecular formula is C74H50N2O. The van der Waals surface area contributed by atoms with Gasteiger partial charge in [-0.05, 0) is 146 Å². The first-order valence-corrected chi connectivity index (χ1v) is 26.6. The first kappa shape index (κ1) is 44.5. The predicted octanol–water partition coefficient (Wildman–Crippen LogP) is 19.3. The quantitative estimate of drug-likeness (QED) is 0.136. The number of benzene rings is 12. The van der Waals surface area contributed by atoms with Crippen LogP contribution in [0.15, 0.2) is 308 Å². The van der Waals surface area contributed by atoms with Gasteiger partial charge >= 0.3 is 0 Å². The van der Waals surface area contributed by atoms with Crippen LogP contribution < -0.4 is 9.80 Å². The Morgan fingerprint density at radius 1 is 0.221 bits per heavy atom. The molecule has 0 spiro atoms. The van der Waals surface area contributed by atoms with Crippen LogP contribution in [0.25, 0.3) is 44.2 Å². The molecule has 0 bridgehead atoms. The minimum absolute atomic E-state index is 0.589. The average molecular weight is 983 g/mol. The first-order chi connectivity index (χ1) is 38.2. The maximum atomic E-state index is 6.37. The molecule has 1 heterocycles. The number of para-hydroxylation sites is 2. The molecule has 0 radical (unpaired) electrons. The zero-order chi connectivity index (χ0) is 50.9. The zero-order valence-corrected chi connectivity index (χ0v) is 42.2. The smallest absolute Gasteiger partial charge is 0.135 e. The molecule has 0 aliphatic heterocycles. The molecule has 3 heteroatoms. The van der Waals surface area contributed by atoms with Crippen LogP contribution in [0.2, 0.25) is 0 Å². The predicted molar refractivity (Wildman–Crippen MR) is 318 cm³/mol. The van der Waals surface area contributed by atoms with E-state index in [1.807, 2.05) is 12.1 Å². The fraction of sp³-hybridized carbons (Fsp3) is 0.0270. The number of fused-ring (bicyclic) bond motifs is 9. The molecule has 0 amide bonds. The lowest BCUT2D eigenvalue weighted by atomic mass is 9.67. The van der Waals surface area contributed by atoms with Gasteiger partial charge in [-0.1, -0.05) is 224 Å². The van der Waals surface area contributed by atoms with Gasteiger partial charge in [0.05, 0.1) is 10.8 Å². The van der Waals surface area contributed by atoms with E-state index in [0.717, 1.165) is 56.1 Å². The maximum Gasteiger partial charge on any atom is 0.135 e. The highest BCUT2D eigenvalue weighted by Gasteiger charge is 2.48. The lowest BCUT2D eigenvalue weighted by Crippen LogP contribution is -2.29. The summed E-state index contributed by atoms with van der Waals surface area (Å²) in [5.74, 6) is 0. The molecule has 2 aliphatic carbocycles. The second-order valence-corrected chi connectivity index (χ2v) is 20.3. The van der Waals surface area contributed by atoms with Gasteiger partial charge in [0.25, 0.3) is 0 Å². The minimum Gasteiger partial charge on any atom is -0.456 e. The third kappa shape index (κ3) is 6.77. The monoisotopic (exact) mass is 982 g/mol. The van der Waals surface area contributed by atoms with Crippen LogP contribution in [0.4, 0.5) is 34.1 Å². The summed E-state index contributed by atoms with van der Waals surface area (Å²) in [5, 5.41) is 2.18. The zero-order valence-electron chi connectivity index (χ0n) is 42.2. The number of nitrogens with zero attached hydrogens (tertiary/aromatic N) is 2. The highest BCUT2D eigenvalue weighted by Crippen LogP contribution is 2.59. The molecule has 1 aromatic heterocycles. The Hall–Kier alpha value is -9.96. The Morgan fingerprint density at radius 3 is 1.18 bits per heavy atom. The minimum atomic E-state index is -0.590. The van der Waals surface area contributed by atoms with E-state index >= 15 is 0 Å². The third-order valence-electron chi connectivity index (χ3n) is 16.4. The fourth-order valence-corrected chi connectivity index (χ4v) is 13.3. The number of rotatable bonds is 10. The molecule has 13 aromatic rings. The van der Waals surface area contributed by atoms with Crippen molar-refractivity contribution < 1.29 is 4.42 Å². The molecule has 0 N–H and O–H groups in total. The van der Waals surface area contributed by atoms with Gasteiger partial charge in [-0.2, -0.15) is 0 Å². The summed E-state index contributed by atoms with van der Waals surface area (Å²) in [6.07, 6.45) is 0. The number of furan rings is 1. The summed E-state index contributed by atoms with van der Waals surface area (Å²) in [5.41, 5.74) is 21.8. The summed E-state index contributed by atoms with van der Waals surface area (Å²) in [7, 11) is 0. The van der Waals surface area contributed by atoms with Crippen LogP contribution in [0.3, 0.4) is 0 Å². The summed E-state index contributed by atoms with van der Waals surface area (Å²) in [4.78, 5) is 4.85. The van der Waals surface area contributed by atoms with Crippen LogP contribution in [0, 0.1) is 0 Å². The molecule has 77 heavy (non-hydrogen) atoms. The Morgan fingerprint density at radius 2 is 0.597 bits per heavy atom. The van der Waals surface area contributed by atoms with Gasteiger partial charge in [-0.15, -0.1) is 0 Å². The van der Waals surface area contributed by atoms with E-state index in [0.29, 0.717) is 0 Å². The van der Waals surface area contributed by atoms with E-state index in [9.17, 15) is 0 Å². The molecule has 3 nitrogen and oxygen atoms in total. The van der Waals surface area contributed by atoms with E-state index < -0.39 is 10.8 Å². The van der Waals surface area contributed by atoms with Crippen molar-refractivity contribution >= 4 is 56.1 Å². The molecule has 0 unspecified atom stereocenters. The Bertz CT molecular complexity index is 4270. The average Bonchev–Trinajstić information content (AvgIpc) is 4.29. The molecule has 362 valence electrons. The summed E-state index contributed by atoms with van der Waals surface area (Å²) < 4.78 is 6.37. The number of anilines is 6. The van der Waals surface area contributed by atoms with Crippen LogP contribution in [0.5, 0.6) is 0 Å². The van der Waals surface area contributed by atoms with Crippen molar-refractivity contribution in [1.82, 2.24) is 0 Å². The molecule has 0 saturated carbocycles. The van der Waals surface area contributed by atoms with E-state index in [1.54, 1.807) is 0 Å². The van der Waals surface area contributed by atoms with Gasteiger partial charge < -0.3 is 14.2 Å². The van der Waals surface area contributed by atoms with Crippen LogP contribution >= 0.6 is 0 Å². The SMILES string of the molecule is c1ccc(N(c2cccc(N(c3cccc(C4(c5ccccc5)c5ccccc5-c5ccccc54)c3)c3ccc4c(c3)C(c3ccccc3)(c3ccccc3)c3ccccc3-4)c2)c2ccc3oc4ccccc4c3c2)cc1. The number of hydrogen-bond donors (Lipinski definition) is 0. The standard InChI is InChI=1S/C74H50N2O/c1-5-23-51(24-6-1)73(52-25-7-2-8-26-52)67-39-17-15-37-63(67)64-45-43-60(50-70(64)73)76(56-32-21-29-54(47-56)74(53-27-9-3-10-28-53)68-40-18-13-35-61(68)62-36-14-19-41-69(62)74)58-34-22-33-57(48-58)75(55-30-11-4-12-31-55)59-44-46-72-66(49-59)65-38-16-20-42-71(65)77-72/h1-50H. The fourth-order valence-electron chi connectivity index (χ4n) is 13.3. The van der Waals surface area contributed by atoms with Gasteiger partial charge in [-0.25, -0.2) is 0 Å². The van der Waals surface area contributed by atoms with Gasteiger partial charge in [0.2, 0.25) is 0 Å². The van der Waals surface area contributed by atoms with E-state index in [2.05, 4.69) is 301 Å². The van der Waals surface area contributed by atoms with Crippen molar-refractivity contribution in [3.8, 4) is 22.3 Å². The van der Waals surface area contributed by atoms with Crippen LogP contribution in [0.1, 0.15) is 44.5 Å². The van der Waals surface area contributed by atoms with Crippen molar-refractivity contribution in [1.29, 1.82) is 0 Å². The van der Waals surface area contributed by atoms with E-state index in [1.165, 1.54) is 66.8 Å². The lowest BCUT2D eigenvalue weighted by molar-refractivity contribution is 0.669. The Labute approximate surface area is 448 Å². The highest BCUT2D eigenvalue weighted by atomic mass is 16.3. The summed E-state index contributed by atoms with van der Waals surface area (Å²) in [6.45, 7) is 0. The molecule has 12 aromatic carbocycles. The normalized spacial score (nSPS) is 13.4. The summed E-state index contributed by atoms with van der Waals surface area (Å²) in [6, 6.07) is 111. The lowest BCUT2D eigenvalue weighted by Gasteiger charge is -2.36. The first-order valence-electron chi connectivity index (χ1n) is 26.6. The van der Waals surface area contributed by atoms with Gasteiger partial charge in [-0.3, -0.25) is 0 Å². The van der Waals surface area contributed by atoms with Gasteiger partial charge in [0, 0.05) is 44.9 Å². The molecular weight excluding hydrogens is 933 g/mol. The summed E-state index contributed by atoms with van der Waals surface area (Å²) >= 11 is 0. The maximum absolute atomic E-state index is 6.37. The second-order valence-electron chi connectivity index (χ2n) is 20.3. The van der Waals surface area contributed by atoms with Crippen LogP contribution in [-0.2, 0) is 10.8 Å². The Kier molecular flexibility index (Phi) is 10.3. The topological polar surface area (TPSA) is 19.6 Å². The van der Waals surface area contributed by atoms with Crippen molar-refractivity contribution in [2.24, 2.45) is 0 Å².